The van der Waals surface area contributed by atoms with E-state index in [4.69, 9.17) is 0 Å². The van der Waals surface area contributed by atoms with Crippen LogP contribution in [0.25, 0.3) is 0 Å². The number of piperazine rings is 1. The van der Waals surface area contributed by atoms with Crippen molar-refractivity contribution in [2.45, 2.75) is 52.6 Å². The van der Waals surface area contributed by atoms with Crippen LogP contribution in [0, 0.1) is 5.92 Å². The van der Waals surface area contributed by atoms with Crippen LogP contribution in [0.3, 0.4) is 0 Å². The molecule has 1 saturated heterocycles. The van der Waals surface area contributed by atoms with Gasteiger partial charge in [0.15, 0.2) is 9.84 Å². The van der Waals surface area contributed by atoms with E-state index in [1.807, 2.05) is 6.92 Å². The number of sulfone groups is 1. The topological polar surface area (TPSA) is 49.4 Å². The van der Waals surface area contributed by atoms with Crippen LogP contribution in [-0.2, 0) is 9.84 Å². The molecule has 2 atom stereocenters. The Labute approximate surface area is 118 Å². The minimum atomic E-state index is -2.86. The minimum absolute atomic E-state index is 0.308. The van der Waals surface area contributed by atoms with Crippen molar-refractivity contribution in [1.82, 2.24) is 10.2 Å². The molecule has 5 heteroatoms. The fourth-order valence-corrected chi connectivity index (χ4v) is 4.09. The highest BCUT2D eigenvalue weighted by atomic mass is 32.2. The van der Waals surface area contributed by atoms with Gasteiger partial charge >= 0.3 is 0 Å². The van der Waals surface area contributed by atoms with Gasteiger partial charge in [0.05, 0.1) is 5.75 Å². The van der Waals surface area contributed by atoms with Crippen molar-refractivity contribution in [1.29, 1.82) is 0 Å². The summed E-state index contributed by atoms with van der Waals surface area (Å²) in [7, 11) is -2.86. The molecular formula is C14H30N2O2S. The monoisotopic (exact) mass is 290 g/mol. The number of nitrogens with zero attached hydrogens (tertiary/aromatic N) is 1. The average Bonchev–Trinajstić information content (AvgIpc) is 2.29. The van der Waals surface area contributed by atoms with E-state index in [0.717, 1.165) is 25.9 Å². The Morgan fingerprint density at radius 3 is 2.58 bits per heavy atom. The van der Waals surface area contributed by atoms with Gasteiger partial charge in [-0.3, -0.25) is 4.90 Å². The van der Waals surface area contributed by atoms with Gasteiger partial charge in [0.1, 0.15) is 0 Å². The molecule has 1 aliphatic rings. The van der Waals surface area contributed by atoms with Crippen molar-refractivity contribution in [2.75, 3.05) is 31.1 Å². The van der Waals surface area contributed by atoms with Gasteiger partial charge in [-0.15, -0.1) is 0 Å². The largest absolute Gasteiger partial charge is 0.311 e. The molecule has 0 radical (unpaired) electrons. The summed E-state index contributed by atoms with van der Waals surface area (Å²) in [4.78, 5) is 2.37. The van der Waals surface area contributed by atoms with Crippen LogP contribution < -0.4 is 5.32 Å². The highest BCUT2D eigenvalue weighted by Crippen LogP contribution is 2.15. The molecule has 0 bridgehead atoms. The fourth-order valence-electron chi connectivity index (χ4n) is 2.75. The van der Waals surface area contributed by atoms with Crippen LogP contribution in [0.15, 0.2) is 0 Å². The lowest BCUT2D eigenvalue weighted by Gasteiger charge is -2.40. The van der Waals surface area contributed by atoms with Crippen LogP contribution in [0.1, 0.15) is 40.5 Å². The lowest BCUT2D eigenvalue weighted by atomic mass is 9.99. The Balaban J connectivity index is 2.55. The van der Waals surface area contributed by atoms with E-state index in [0.29, 0.717) is 36.1 Å². The predicted molar refractivity (Wildman–Crippen MR) is 81.2 cm³/mol. The van der Waals surface area contributed by atoms with E-state index in [1.165, 1.54) is 0 Å². The first-order chi connectivity index (χ1) is 8.84. The van der Waals surface area contributed by atoms with E-state index in [1.54, 1.807) is 0 Å². The third-order valence-electron chi connectivity index (χ3n) is 3.67. The molecule has 1 fully saturated rings. The van der Waals surface area contributed by atoms with E-state index < -0.39 is 9.84 Å². The van der Waals surface area contributed by atoms with Crippen molar-refractivity contribution >= 4 is 9.84 Å². The summed E-state index contributed by atoms with van der Waals surface area (Å²) in [6, 6.07) is 0.935. The summed E-state index contributed by atoms with van der Waals surface area (Å²) >= 11 is 0. The first-order valence-electron chi connectivity index (χ1n) is 7.52. The van der Waals surface area contributed by atoms with E-state index in [2.05, 4.69) is 31.0 Å². The zero-order valence-electron chi connectivity index (χ0n) is 12.9. The van der Waals surface area contributed by atoms with Gasteiger partial charge in [0.2, 0.25) is 0 Å². The lowest BCUT2D eigenvalue weighted by Crippen LogP contribution is -2.56. The maximum absolute atomic E-state index is 11.8. The molecule has 114 valence electrons. The summed E-state index contributed by atoms with van der Waals surface area (Å²) in [5, 5.41) is 3.50. The van der Waals surface area contributed by atoms with Gasteiger partial charge in [-0.1, -0.05) is 20.8 Å². The van der Waals surface area contributed by atoms with Crippen LogP contribution in [0.2, 0.25) is 0 Å². The van der Waals surface area contributed by atoms with Crippen molar-refractivity contribution in [3.05, 3.63) is 0 Å². The van der Waals surface area contributed by atoms with Gasteiger partial charge in [-0.2, -0.15) is 0 Å². The first-order valence-corrected chi connectivity index (χ1v) is 9.34. The second-order valence-electron chi connectivity index (χ2n) is 6.24. The average molecular weight is 290 g/mol. The quantitative estimate of drug-likeness (QED) is 0.772. The zero-order valence-corrected chi connectivity index (χ0v) is 13.7. The molecule has 1 heterocycles. The van der Waals surface area contributed by atoms with Crippen LogP contribution >= 0.6 is 0 Å². The molecule has 0 aromatic carbocycles. The predicted octanol–water partition coefficient (Wildman–Crippen LogP) is 1.52. The fraction of sp³-hybridized carbons (Fsp3) is 1.00. The molecule has 0 spiro atoms. The summed E-state index contributed by atoms with van der Waals surface area (Å²) in [5.41, 5.74) is 0. The van der Waals surface area contributed by atoms with Crippen molar-refractivity contribution < 1.29 is 8.42 Å². The van der Waals surface area contributed by atoms with E-state index in [-0.39, 0.29) is 0 Å². The Morgan fingerprint density at radius 1 is 1.32 bits per heavy atom. The number of hydrogen-bond donors (Lipinski definition) is 1. The van der Waals surface area contributed by atoms with Crippen molar-refractivity contribution in [3.63, 3.8) is 0 Å². The molecule has 0 aliphatic carbocycles. The molecule has 19 heavy (non-hydrogen) atoms. The maximum atomic E-state index is 11.8. The van der Waals surface area contributed by atoms with Crippen LogP contribution in [-0.4, -0.2) is 56.5 Å². The Kier molecular flexibility index (Phi) is 6.77. The number of nitrogens with one attached hydrogen (secondary N) is 1. The van der Waals surface area contributed by atoms with Crippen LogP contribution in [0.4, 0.5) is 0 Å². The molecule has 0 aromatic heterocycles. The molecule has 0 saturated carbocycles. The molecule has 0 amide bonds. The van der Waals surface area contributed by atoms with Gasteiger partial charge in [0, 0.05) is 37.5 Å². The maximum Gasteiger partial charge on any atom is 0.151 e. The second kappa shape index (κ2) is 7.60. The number of hydrogen-bond acceptors (Lipinski definition) is 4. The van der Waals surface area contributed by atoms with Gasteiger partial charge in [0.25, 0.3) is 0 Å². The number of rotatable bonds is 7. The molecule has 4 nitrogen and oxygen atoms in total. The van der Waals surface area contributed by atoms with Gasteiger partial charge in [-0.05, 0) is 25.7 Å². The minimum Gasteiger partial charge on any atom is -0.311 e. The SMILES string of the molecule is CCCS(=O)(=O)CCN1CC(C)NCC1CC(C)C. The Morgan fingerprint density at radius 2 is 2.00 bits per heavy atom. The molecule has 1 aliphatic heterocycles. The zero-order chi connectivity index (χ0) is 14.5. The molecule has 2 unspecified atom stereocenters. The van der Waals surface area contributed by atoms with Crippen molar-refractivity contribution in [3.8, 4) is 0 Å². The van der Waals surface area contributed by atoms with E-state index >= 15 is 0 Å². The Bertz CT molecular complexity index is 354. The Hall–Kier alpha value is -0.130. The van der Waals surface area contributed by atoms with Crippen molar-refractivity contribution in [2.24, 2.45) is 5.92 Å². The summed E-state index contributed by atoms with van der Waals surface area (Å²) in [5.74, 6) is 1.28. The molecular weight excluding hydrogens is 260 g/mol. The first kappa shape index (κ1) is 16.9. The molecule has 1 N–H and O–H groups in total. The second-order valence-corrected chi connectivity index (χ2v) is 8.54. The van der Waals surface area contributed by atoms with Gasteiger partial charge in [-0.25, -0.2) is 8.42 Å². The molecule has 0 aromatic rings. The van der Waals surface area contributed by atoms with Gasteiger partial charge < -0.3 is 5.32 Å². The smallest absolute Gasteiger partial charge is 0.151 e. The summed E-state index contributed by atoms with van der Waals surface area (Å²) < 4.78 is 23.7. The third kappa shape index (κ3) is 6.23. The normalized spacial score (nSPS) is 25.9. The standard InChI is InChI=1S/C14H30N2O2S/c1-5-7-19(17,18)8-6-16-11-13(4)15-10-14(16)9-12(2)3/h12-15H,5-11H2,1-4H3. The summed E-state index contributed by atoms with van der Waals surface area (Å²) in [6.45, 7) is 11.2. The van der Waals surface area contributed by atoms with Crippen LogP contribution in [0.5, 0.6) is 0 Å². The highest BCUT2D eigenvalue weighted by molar-refractivity contribution is 7.91. The lowest BCUT2D eigenvalue weighted by molar-refractivity contribution is 0.126. The highest BCUT2D eigenvalue weighted by Gasteiger charge is 2.27. The molecule has 1 rings (SSSR count). The summed E-state index contributed by atoms with van der Waals surface area (Å²) in [6.07, 6.45) is 1.85. The third-order valence-corrected chi connectivity index (χ3v) is 5.51. The van der Waals surface area contributed by atoms with E-state index in [9.17, 15) is 8.42 Å².